The molecule has 1 amide bonds. The monoisotopic (exact) mass is 259 g/mol. The third-order valence-corrected chi connectivity index (χ3v) is 3.77. The molecule has 1 aliphatic carbocycles. The van der Waals surface area contributed by atoms with Crippen molar-refractivity contribution in [3.63, 3.8) is 0 Å². The van der Waals surface area contributed by atoms with E-state index in [-0.39, 0.29) is 5.91 Å². The number of nitrogens with zero attached hydrogens (tertiary/aromatic N) is 1. The Kier molecular flexibility index (Phi) is 5.81. The van der Waals surface area contributed by atoms with E-state index in [1.807, 2.05) is 6.92 Å². The van der Waals surface area contributed by atoms with Crippen LogP contribution in [0.5, 0.6) is 0 Å². The zero-order valence-corrected chi connectivity index (χ0v) is 12.8. The molecule has 0 N–H and O–H groups in total. The van der Waals surface area contributed by atoms with Gasteiger partial charge in [0.1, 0.15) is 0 Å². The van der Waals surface area contributed by atoms with Crippen molar-refractivity contribution in [2.75, 3.05) is 13.6 Å². The second kappa shape index (κ2) is 7.13. The minimum Gasteiger partial charge on any atom is -0.346 e. The summed E-state index contributed by atoms with van der Waals surface area (Å²) in [6.45, 7) is 8.79. The molecule has 0 saturated carbocycles. The van der Waals surface area contributed by atoms with E-state index in [0.717, 1.165) is 19.4 Å². The molecule has 0 bridgehead atoms. The summed E-state index contributed by atoms with van der Waals surface area (Å²) in [5.74, 6) is 0.127. The van der Waals surface area contributed by atoms with Crippen molar-refractivity contribution in [2.24, 2.45) is 0 Å². The molecule has 0 saturated heterocycles. The van der Waals surface area contributed by atoms with Crippen LogP contribution in [0.2, 0.25) is 0 Å². The van der Waals surface area contributed by atoms with Crippen molar-refractivity contribution in [1.29, 1.82) is 0 Å². The lowest BCUT2D eigenvalue weighted by molar-refractivity contribution is -0.127. The summed E-state index contributed by atoms with van der Waals surface area (Å²) in [7, 11) is 1.78. The highest BCUT2D eigenvalue weighted by Crippen LogP contribution is 2.24. The van der Waals surface area contributed by atoms with Gasteiger partial charge in [0.15, 0.2) is 0 Å². The van der Waals surface area contributed by atoms with Gasteiger partial charge in [0.2, 0.25) is 5.91 Å². The van der Waals surface area contributed by atoms with Crippen LogP contribution in [0, 0.1) is 0 Å². The van der Waals surface area contributed by atoms with Crippen LogP contribution in [-0.2, 0) is 17.6 Å². The lowest BCUT2D eigenvalue weighted by Crippen LogP contribution is -2.22. The second-order valence-electron chi connectivity index (χ2n) is 5.22. The first-order chi connectivity index (χ1) is 8.95. The number of rotatable bonds is 1. The van der Waals surface area contributed by atoms with Crippen molar-refractivity contribution in [3.05, 3.63) is 46.5 Å². The molecule has 0 aliphatic heterocycles. The Morgan fingerprint density at radius 3 is 1.79 bits per heavy atom. The molecule has 1 aliphatic rings. The number of fused-ring (bicyclic) bond motifs is 1. The number of carbonyl (C=O) groups excluding carboxylic acids is 1. The summed E-state index contributed by atoms with van der Waals surface area (Å²) in [4.78, 5) is 12.0. The molecule has 1 aromatic carbocycles. The van der Waals surface area contributed by atoms with Gasteiger partial charge in [0.25, 0.3) is 0 Å². The largest absolute Gasteiger partial charge is 0.346 e. The van der Waals surface area contributed by atoms with E-state index in [4.69, 9.17) is 0 Å². The molecule has 19 heavy (non-hydrogen) atoms. The smallest absolute Gasteiger partial charge is 0.219 e. The van der Waals surface area contributed by atoms with Gasteiger partial charge in [-0.2, -0.15) is 0 Å². The van der Waals surface area contributed by atoms with Crippen LogP contribution in [0.25, 0.3) is 0 Å². The Morgan fingerprint density at radius 1 is 1.11 bits per heavy atom. The standard InChI is InChI=1S/C12H14.C5H11NO/c1-9-7-11-5-3-4-6-12(11)8-10(9)2;1-4-6(3)5(2)7/h3-6H,7-8H2,1-2H3;4H2,1-3H3. The SMILES string of the molecule is CC1=C(C)Cc2ccccc2C1.CCN(C)C(C)=O. The zero-order valence-electron chi connectivity index (χ0n) is 12.8. The quantitative estimate of drug-likeness (QED) is 0.706. The molecule has 0 radical (unpaired) electrons. The zero-order chi connectivity index (χ0) is 14.4. The number of allylic oxidation sites excluding steroid dienone is 2. The lowest BCUT2D eigenvalue weighted by Gasteiger charge is -2.18. The van der Waals surface area contributed by atoms with Gasteiger partial charge >= 0.3 is 0 Å². The first-order valence-corrected chi connectivity index (χ1v) is 6.89. The first-order valence-electron chi connectivity index (χ1n) is 6.89. The maximum atomic E-state index is 10.3. The Morgan fingerprint density at radius 2 is 1.53 bits per heavy atom. The van der Waals surface area contributed by atoms with Crippen LogP contribution in [0.15, 0.2) is 35.4 Å². The van der Waals surface area contributed by atoms with Gasteiger partial charge in [-0.25, -0.2) is 0 Å². The highest BCUT2D eigenvalue weighted by atomic mass is 16.2. The van der Waals surface area contributed by atoms with Gasteiger partial charge in [0, 0.05) is 20.5 Å². The topological polar surface area (TPSA) is 20.3 Å². The maximum Gasteiger partial charge on any atom is 0.219 e. The fourth-order valence-corrected chi connectivity index (χ4v) is 2.00. The fourth-order valence-electron chi connectivity index (χ4n) is 2.00. The number of benzene rings is 1. The van der Waals surface area contributed by atoms with Gasteiger partial charge in [-0.3, -0.25) is 4.79 Å². The van der Waals surface area contributed by atoms with Crippen molar-refractivity contribution >= 4 is 5.91 Å². The number of carbonyl (C=O) groups is 1. The number of amides is 1. The molecule has 0 spiro atoms. The highest BCUT2D eigenvalue weighted by molar-refractivity contribution is 5.72. The van der Waals surface area contributed by atoms with Gasteiger partial charge in [-0.1, -0.05) is 35.4 Å². The van der Waals surface area contributed by atoms with E-state index >= 15 is 0 Å². The Balaban J connectivity index is 0.000000224. The normalized spacial score (nSPS) is 13.3. The third-order valence-electron chi connectivity index (χ3n) is 3.77. The van der Waals surface area contributed by atoms with Gasteiger partial charge in [-0.15, -0.1) is 0 Å². The molecule has 0 heterocycles. The molecule has 2 rings (SSSR count). The minimum atomic E-state index is 0.127. The van der Waals surface area contributed by atoms with E-state index in [9.17, 15) is 4.79 Å². The van der Waals surface area contributed by atoms with Gasteiger partial charge < -0.3 is 4.90 Å². The first kappa shape index (κ1) is 15.5. The summed E-state index contributed by atoms with van der Waals surface area (Å²) in [5, 5.41) is 0. The fraction of sp³-hybridized carbons (Fsp3) is 0.471. The molecular weight excluding hydrogens is 234 g/mol. The molecule has 104 valence electrons. The molecule has 2 nitrogen and oxygen atoms in total. The van der Waals surface area contributed by atoms with Crippen LogP contribution >= 0.6 is 0 Å². The van der Waals surface area contributed by atoms with Crippen LogP contribution in [-0.4, -0.2) is 24.4 Å². The van der Waals surface area contributed by atoms with E-state index in [0.29, 0.717) is 0 Å². The number of hydrogen-bond acceptors (Lipinski definition) is 1. The molecule has 0 aromatic heterocycles. The average Bonchev–Trinajstić information content (AvgIpc) is 2.39. The number of hydrogen-bond donors (Lipinski definition) is 0. The predicted octanol–water partition coefficient (Wildman–Crippen LogP) is 3.61. The maximum absolute atomic E-state index is 10.3. The van der Waals surface area contributed by atoms with Crippen molar-refractivity contribution in [3.8, 4) is 0 Å². The molecule has 0 unspecified atom stereocenters. The van der Waals surface area contributed by atoms with Crippen LogP contribution in [0.4, 0.5) is 0 Å². The van der Waals surface area contributed by atoms with Crippen molar-refractivity contribution in [2.45, 2.75) is 40.5 Å². The van der Waals surface area contributed by atoms with Gasteiger partial charge in [-0.05, 0) is 44.7 Å². The third kappa shape index (κ3) is 4.55. The summed E-state index contributed by atoms with van der Waals surface area (Å²) in [6, 6.07) is 8.75. The summed E-state index contributed by atoms with van der Waals surface area (Å²) in [5.41, 5.74) is 6.13. The van der Waals surface area contributed by atoms with Crippen LogP contribution in [0.3, 0.4) is 0 Å². The van der Waals surface area contributed by atoms with E-state index in [2.05, 4.69) is 38.1 Å². The second-order valence-corrected chi connectivity index (χ2v) is 5.22. The van der Waals surface area contributed by atoms with E-state index in [1.165, 1.54) is 11.1 Å². The minimum absolute atomic E-state index is 0.127. The summed E-state index contributed by atoms with van der Waals surface area (Å²) >= 11 is 0. The van der Waals surface area contributed by atoms with Crippen molar-refractivity contribution in [1.82, 2.24) is 4.90 Å². The molecule has 0 fully saturated rings. The van der Waals surface area contributed by atoms with E-state index in [1.54, 1.807) is 30.0 Å². The van der Waals surface area contributed by atoms with Crippen LogP contribution < -0.4 is 0 Å². The van der Waals surface area contributed by atoms with Crippen LogP contribution in [0.1, 0.15) is 38.8 Å². The molecule has 1 aromatic rings. The van der Waals surface area contributed by atoms with Gasteiger partial charge in [0.05, 0.1) is 0 Å². The molecular formula is C17H25NO. The Labute approximate surface area is 117 Å². The average molecular weight is 259 g/mol. The summed E-state index contributed by atoms with van der Waals surface area (Å²) in [6.07, 6.45) is 2.31. The lowest BCUT2D eigenvalue weighted by atomic mass is 9.88. The Hall–Kier alpha value is -1.57. The van der Waals surface area contributed by atoms with E-state index < -0.39 is 0 Å². The molecule has 2 heteroatoms. The predicted molar refractivity (Wildman–Crippen MR) is 81.2 cm³/mol. The highest BCUT2D eigenvalue weighted by Gasteiger charge is 2.10. The molecule has 0 atom stereocenters. The Bertz CT molecular complexity index is 441. The summed E-state index contributed by atoms with van der Waals surface area (Å²) < 4.78 is 0. The van der Waals surface area contributed by atoms with Crippen molar-refractivity contribution < 1.29 is 4.79 Å².